The lowest BCUT2D eigenvalue weighted by Gasteiger charge is -2.16. The molecule has 2 amide bonds. The fourth-order valence-electron chi connectivity index (χ4n) is 2.64. The van der Waals surface area contributed by atoms with E-state index in [-0.39, 0.29) is 40.1 Å². The molecule has 0 aromatic rings. The van der Waals surface area contributed by atoms with Gasteiger partial charge < -0.3 is 10.4 Å². The quantitative estimate of drug-likeness (QED) is 0.576. The summed E-state index contributed by atoms with van der Waals surface area (Å²) in [4.78, 5) is 37.0. The van der Waals surface area contributed by atoms with Gasteiger partial charge in [-0.05, 0) is 6.08 Å². The zero-order valence-electron chi connectivity index (χ0n) is 11.6. The molecule has 23 heavy (non-hydrogen) atoms. The number of hydrogen-bond donors (Lipinski definition) is 2. The normalized spacial score (nSPS) is 29.7. The third-order valence-electron chi connectivity index (χ3n) is 3.71. The number of thiocarbonyl (C=S) groups is 1. The van der Waals surface area contributed by atoms with E-state index in [1.165, 1.54) is 4.90 Å². The Morgan fingerprint density at radius 2 is 2.22 bits per heavy atom. The molecule has 0 spiro atoms. The molecule has 2 heterocycles. The first-order valence-corrected chi connectivity index (χ1v) is 8.35. The number of nitrogens with zero attached hydrogens (tertiary/aromatic N) is 1. The number of allylic oxidation sites excluding steroid dienone is 2. The monoisotopic (exact) mass is 370 g/mol. The van der Waals surface area contributed by atoms with E-state index >= 15 is 0 Å². The number of nitrogens with one attached hydrogen (secondary N) is 1. The molecule has 120 valence electrons. The van der Waals surface area contributed by atoms with Crippen molar-refractivity contribution in [2.75, 3.05) is 6.54 Å². The number of carbonyl (C=O) groups excluding carboxylic acids is 2. The summed E-state index contributed by atoms with van der Waals surface area (Å²) in [6.07, 6.45) is 5.00. The van der Waals surface area contributed by atoms with Gasteiger partial charge in [0.1, 0.15) is 4.32 Å². The van der Waals surface area contributed by atoms with Gasteiger partial charge in [0.05, 0.1) is 17.4 Å². The molecule has 0 bridgehead atoms. The Morgan fingerprint density at radius 1 is 1.48 bits per heavy atom. The van der Waals surface area contributed by atoms with E-state index in [1.54, 1.807) is 18.2 Å². The summed E-state index contributed by atoms with van der Waals surface area (Å²) in [6.45, 7) is -0.0109. The molecule has 2 aliphatic heterocycles. The lowest BCUT2D eigenvalue weighted by atomic mass is 9.91. The zero-order chi connectivity index (χ0) is 16.7. The predicted molar refractivity (Wildman–Crippen MR) is 89.7 cm³/mol. The second kappa shape index (κ2) is 6.10. The van der Waals surface area contributed by atoms with Crippen molar-refractivity contribution in [2.24, 2.45) is 5.92 Å². The summed E-state index contributed by atoms with van der Waals surface area (Å²) in [5.41, 5.74) is 0.340. The van der Waals surface area contributed by atoms with E-state index in [2.05, 4.69) is 5.32 Å². The largest absolute Gasteiger partial charge is 0.481 e. The number of carboxylic acids is 1. The van der Waals surface area contributed by atoms with Gasteiger partial charge in [0.25, 0.3) is 5.91 Å². The predicted octanol–water partition coefficient (Wildman–Crippen LogP) is 1.38. The molecular formula is C14H11ClN2O4S2. The Balaban J connectivity index is 1.93. The maximum atomic E-state index is 12.5. The van der Waals surface area contributed by atoms with Gasteiger partial charge in [0.2, 0.25) is 5.91 Å². The van der Waals surface area contributed by atoms with E-state index in [9.17, 15) is 14.4 Å². The Labute approximate surface area is 146 Å². The van der Waals surface area contributed by atoms with Gasteiger partial charge in [-0.1, -0.05) is 47.7 Å². The minimum atomic E-state index is -1.02. The average molecular weight is 371 g/mol. The van der Waals surface area contributed by atoms with Gasteiger partial charge >= 0.3 is 5.97 Å². The molecule has 0 radical (unpaired) electrons. The van der Waals surface area contributed by atoms with Crippen LogP contribution in [0.3, 0.4) is 0 Å². The van der Waals surface area contributed by atoms with Crippen LogP contribution in [-0.2, 0) is 14.4 Å². The van der Waals surface area contributed by atoms with Gasteiger partial charge in [-0.2, -0.15) is 0 Å². The number of carboxylic acid groups (broad SMARTS) is 1. The first-order chi connectivity index (χ1) is 10.9. The highest BCUT2D eigenvalue weighted by Gasteiger charge is 2.44. The molecule has 2 saturated heterocycles. The van der Waals surface area contributed by atoms with E-state index in [0.717, 1.165) is 11.8 Å². The molecule has 3 aliphatic rings. The number of aliphatic carboxylic acids is 1. The summed E-state index contributed by atoms with van der Waals surface area (Å²) in [5, 5.41) is 12.1. The number of halogens is 1. The minimum absolute atomic E-state index is 0.0109. The van der Waals surface area contributed by atoms with Crippen LogP contribution in [0.1, 0.15) is 6.42 Å². The number of carbonyl (C=O) groups is 3. The van der Waals surface area contributed by atoms with Crippen molar-refractivity contribution in [2.45, 2.75) is 12.5 Å². The number of fused-ring (bicyclic) bond motifs is 1. The summed E-state index contributed by atoms with van der Waals surface area (Å²) in [6, 6.07) is -0.234. The van der Waals surface area contributed by atoms with E-state index in [4.69, 9.17) is 28.9 Å². The Bertz CT molecular complexity index is 728. The molecule has 3 rings (SSSR count). The third kappa shape index (κ3) is 2.93. The highest BCUT2D eigenvalue weighted by Crippen LogP contribution is 2.40. The Kier molecular flexibility index (Phi) is 4.31. The number of amides is 2. The van der Waals surface area contributed by atoms with Crippen molar-refractivity contribution in [3.63, 3.8) is 0 Å². The van der Waals surface area contributed by atoms with Crippen LogP contribution < -0.4 is 5.32 Å². The van der Waals surface area contributed by atoms with Crippen LogP contribution in [0.15, 0.2) is 33.7 Å². The van der Waals surface area contributed by atoms with Gasteiger partial charge in [-0.25, -0.2) is 0 Å². The molecule has 6 nitrogen and oxygen atoms in total. The Morgan fingerprint density at radius 3 is 2.91 bits per heavy atom. The van der Waals surface area contributed by atoms with Crippen LogP contribution in [0.2, 0.25) is 0 Å². The lowest BCUT2D eigenvalue weighted by Crippen LogP contribution is -2.31. The second-order valence-corrected chi connectivity index (χ2v) is 7.23. The highest BCUT2D eigenvalue weighted by molar-refractivity contribution is 8.26. The van der Waals surface area contributed by atoms with E-state index in [1.807, 2.05) is 0 Å². The molecule has 2 unspecified atom stereocenters. The molecule has 2 fully saturated rings. The SMILES string of the molecule is O=C(O)CCN1C(=O)/C(=C2/C(=O)NC3C=CC(Cl)=CC23)SC1=S. The first kappa shape index (κ1) is 16.2. The van der Waals surface area contributed by atoms with Crippen LogP contribution in [0.25, 0.3) is 0 Å². The van der Waals surface area contributed by atoms with Crippen molar-refractivity contribution in [1.29, 1.82) is 0 Å². The van der Waals surface area contributed by atoms with Crippen molar-refractivity contribution >= 4 is 57.7 Å². The van der Waals surface area contributed by atoms with Gasteiger partial charge in [-0.3, -0.25) is 19.3 Å². The van der Waals surface area contributed by atoms with Crippen LogP contribution in [0, 0.1) is 5.92 Å². The van der Waals surface area contributed by atoms with Crippen LogP contribution >= 0.6 is 35.6 Å². The van der Waals surface area contributed by atoms with E-state index < -0.39 is 11.9 Å². The van der Waals surface area contributed by atoms with Crippen LogP contribution in [0.4, 0.5) is 0 Å². The van der Waals surface area contributed by atoms with Crippen LogP contribution in [0.5, 0.6) is 0 Å². The molecular weight excluding hydrogens is 360 g/mol. The molecule has 0 aromatic carbocycles. The molecule has 0 aromatic heterocycles. The van der Waals surface area contributed by atoms with Gasteiger partial charge in [0, 0.05) is 23.1 Å². The number of rotatable bonds is 3. The summed E-state index contributed by atoms with van der Waals surface area (Å²) >= 11 is 12.2. The number of thioether (sulfide) groups is 1. The summed E-state index contributed by atoms with van der Waals surface area (Å²) in [5.74, 6) is -2.09. The second-order valence-electron chi connectivity index (χ2n) is 5.15. The standard InChI is InChI=1S/C14H11ClN2O4S2/c15-6-1-2-8-7(5-6)10(12(20)16-8)11-13(21)17(14(22)23-11)4-3-9(18)19/h1-2,5,7-8H,3-4H2,(H,16,20)(H,18,19)/b11-10-. The highest BCUT2D eigenvalue weighted by atomic mass is 35.5. The average Bonchev–Trinajstić information content (AvgIpc) is 2.93. The molecule has 9 heteroatoms. The smallest absolute Gasteiger partial charge is 0.305 e. The van der Waals surface area contributed by atoms with Crippen LogP contribution in [-0.4, -0.2) is 44.7 Å². The van der Waals surface area contributed by atoms with Crippen molar-refractivity contribution in [1.82, 2.24) is 10.2 Å². The molecule has 1 aliphatic carbocycles. The molecule has 2 N–H and O–H groups in total. The number of hydrogen-bond acceptors (Lipinski definition) is 5. The molecule has 2 atom stereocenters. The van der Waals surface area contributed by atoms with Crippen molar-refractivity contribution in [3.8, 4) is 0 Å². The topological polar surface area (TPSA) is 86.7 Å². The third-order valence-corrected chi connectivity index (χ3v) is 5.42. The maximum Gasteiger partial charge on any atom is 0.305 e. The minimum Gasteiger partial charge on any atom is -0.481 e. The Hall–Kier alpha value is -1.64. The van der Waals surface area contributed by atoms with Gasteiger partial charge in [-0.15, -0.1) is 0 Å². The van der Waals surface area contributed by atoms with Crippen molar-refractivity contribution < 1.29 is 19.5 Å². The van der Waals surface area contributed by atoms with Gasteiger partial charge in [0.15, 0.2) is 0 Å². The van der Waals surface area contributed by atoms with E-state index in [0.29, 0.717) is 10.6 Å². The summed E-state index contributed by atoms with van der Waals surface area (Å²) < 4.78 is 0.261. The first-order valence-electron chi connectivity index (χ1n) is 6.74. The fraction of sp³-hybridized carbons (Fsp3) is 0.286. The molecule has 0 saturated carbocycles. The van der Waals surface area contributed by atoms with Crippen molar-refractivity contribution in [3.05, 3.63) is 33.7 Å². The zero-order valence-corrected chi connectivity index (χ0v) is 14.0. The maximum absolute atomic E-state index is 12.5. The lowest BCUT2D eigenvalue weighted by molar-refractivity contribution is -0.137. The summed E-state index contributed by atoms with van der Waals surface area (Å²) in [7, 11) is 0. The fourth-order valence-corrected chi connectivity index (χ4v) is 4.27.